The smallest absolute Gasteiger partial charge is 0.168 e. The van der Waals surface area contributed by atoms with Crippen LogP contribution < -0.4 is 0 Å². The Bertz CT molecular complexity index is 4740. The summed E-state index contributed by atoms with van der Waals surface area (Å²) in [5, 5.41) is 15.9. The van der Waals surface area contributed by atoms with Crippen LogP contribution in [-0.2, 0) is 0 Å². The average Bonchev–Trinajstić information content (AvgIpc) is 4.30. The summed E-state index contributed by atoms with van der Waals surface area (Å²) >= 11 is 0. The molecular formula is C58H35N7. The second-order valence-corrected chi connectivity index (χ2v) is 15.3. The van der Waals surface area contributed by atoms with Gasteiger partial charge in [0.15, 0.2) is 17.5 Å². The van der Waals surface area contributed by atoms with Crippen molar-refractivity contribution < 1.29 is 17.8 Å². The van der Waals surface area contributed by atoms with Gasteiger partial charge in [-0.25, -0.2) is 15.0 Å². The number of para-hydroxylation sites is 6. The van der Waals surface area contributed by atoms with Gasteiger partial charge >= 0.3 is 0 Å². The van der Waals surface area contributed by atoms with Gasteiger partial charge in [0.25, 0.3) is 0 Å². The van der Waals surface area contributed by atoms with E-state index in [0.29, 0.717) is 65.7 Å². The van der Waals surface area contributed by atoms with Gasteiger partial charge in [-0.05, 0) is 42.5 Å². The molecule has 0 aliphatic heterocycles. The van der Waals surface area contributed by atoms with Crippen LogP contribution >= 0.6 is 0 Å². The van der Waals surface area contributed by atoms with Gasteiger partial charge in [-0.15, -0.1) is 0 Å². The van der Waals surface area contributed by atoms with E-state index in [1.807, 2.05) is 105 Å². The number of hydrogen-bond acceptors (Lipinski definition) is 4. The Morgan fingerprint density at radius 3 is 1.22 bits per heavy atom. The lowest BCUT2D eigenvalue weighted by atomic mass is 9.99. The summed E-state index contributed by atoms with van der Waals surface area (Å²) in [6, 6.07) is 36.0. The van der Waals surface area contributed by atoms with Crippen molar-refractivity contribution in [2.75, 3.05) is 0 Å². The molecule has 7 nitrogen and oxygen atoms in total. The molecule has 0 N–H and O–H groups in total. The van der Waals surface area contributed by atoms with Crippen molar-refractivity contribution in [3.8, 4) is 57.3 Å². The molecule has 0 bridgehead atoms. The summed E-state index contributed by atoms with van der Waals surface area (Å²) in [6.07, 6.45) is 0. The van der Waals surface area contributed by atoms with E-state index in [9.17, 15) is 14.9 Å². The zero-order valence-electron chi connectivity index (χ0n) is 46.8. The molecule has 4 aromatic heterocycles. The number of nitriles is 1. The first kappa shape index (κ1) is 25.7. The summed E-state index contributed by atoms with van der Waals surface area (Å²) in [7, 11) is 0. The van der Waals surface area contributed by atoms with Crippen LogP contribution in [0.3, 0.4) is 0 Å². The SMILES string of the molecule is [2H]c1c([2H])c([2H])c(-c2nc(-c3c([2H])c([2H])c([2H])c([2H])c3[2H])nc(-c3c(-n4c5ccccc5c5c([2H])cccc54)cc(-n4c5ccccc5c5c([2H])cccc54)c(C#N)c3-n3c4ccccc4c4c([2H])cccc43)n2)c([2H])c1[2H]. The van der Waals surface area contributed by atoms with Crippen molar-refractivity contribution in [1.82, 2.24) is 28.7 Å². The van der Waals surface area contributed by atoms with E-state index in [-0.39, 0.29) is 46.5 Å². The van der Waals surface area contributed by atoms with Gasteiger partial charge < -0.3 is 13.7 Å². The van der Waals surface area contributed by atoms with Crippen LogP contribution in [0.1, 0.15) is 23.4 Å². The second-order valence-electron chi connectivity index (χ2n) is 15.3. The fourth-order valence-electron chi connectivity index (χ4n) is 9.26. The lowest BCUT2D eigenvalue weighted by Crippen LogP contribution is -2.12. The molecular weight excluding hydrogens is 795 g/mol. The number of nitrogens with zero attached hydrogens (tertiary/aromatic N) is 7. The molecule has 0 unspecified atom stereocenters. The number of rotatable bonds is 6. The number of fused-ring (bicyclic) bond motifs is 9. The molecule has 0 saturated carbocycles. The molecule has 13 aromatic rings. The van der Waals surface area contributed by atoms with Crippen LogP contribution in [0.4, 0.5) is 0 Å². The van der Waals surface area contributed by atoms with E-state index in [2.05, 4.69) is 11.1 Å². The standard InChI is InChI=1S/C58H35N7/c59-36-45-52(63-46-29-13-7-23-39(46)40-24-8-14-30-47(40)63)35-53(64-48-31-15-9-25-41(48)42-26-10-16-32-49(42)64)54(55(45)65-50-33-17-11-27-43(50)44-28-12-18-34-51(44)65)58-61-56(37-19-3-1-4-20-37)60-57(62-58)38-21-5-2-6-22-38/h1-35H/i1D,2D,3D,4D,5D,6D,19D,20D,21D,22D,23D,25D,27D. The van der Waals surface area contributed by atoms with Crippen LogP contribution in [0.15, 0.2) is 212 Å². The minimum atomic E-state index is -0.718. The summed E-state index contributed by atoms with van der Waals surface area (Å²) in [5.41, 5.74) is 3.16. The van der Waals surface area contributed by atoms with Gasteiger partial charge in [0, 0.05) is 43.4 Å². The third kappa shape index (κ3) is 5.51. The first-order valence-corrected chi connectivity index (χ1v) is 20.6. The summed E-state index contributed by atoms with van der Waals surface area (Å²) in [6.45, 7) is 0. The van der Waals surface area contributed by atoms with Gasteiger partial charge in [0.1, 0.15) is 11.6 Å². The van der Waals surface area contributed by atoms with E-state index in [0.717, 1.165) is 5.39 Å². The highest BCUT2D eigenvalue weighted by atomic mass is 15.1. The second kappa shape index (κ2) is 14.5. The topological polar surface area (TPSA) is 77.2 Å². The largest absolute Gasteiger partial charge is 0.308 e. The van der Waals surface area contributed by atoms with Crippen molar-refractivity contribution in [2.24, 2.45) is 0 Å². The maximum Gasteiger partial charge on any atom is 0.168 e. The first-order valence-electron chi connectivity index (χ1n) is 27.1. The Balaban J connectivity index is 1.34. The highest BCUT2D eigenvalue weighted by Crippen LogP contribution is 2.46. The minimum Gasteiger partial charge on any atom is -0.308 e. The number of hydrogen-bond donors (Lipinski definition) is 0. The van der Waals surface area contributed by atoms with E-state index < -0.39 is 83.2 Å². The fourth-order valence-corrected chi connectivity index (χ4v) is 9.26. The van der Waals surface area contributed by atoms with Gasteiger partial charge in [0.2, 0.25) is 0 Å². The molecule has 7 heteroatoms. The van der Waals surface area contributed by atoms with Crippen molar-refractivity contribution in [1.29, 1.82) is 5.26 Å². The Morgan fingerprint density at radius 1 is 0.385 bits per heavy atom. The van der Waals surface area contributed by atoms with Crippen molar-refractivity contribution in [2.45, 2.75) is 0 Å². The Hall–Kier alpha value is -9.12. The highest BCUT2D eigenvalue weighted by Gasteiger charge is 2.31. The minimum absolute atomic E-state index is 0.0147. The Labute approximate surface area is 391 Å². The van der Waals surface area contributed by atoms with E-state index >= 15 is 0 Å². The van der Waals surface area contributed by atoms with Gasteiger partial charge in [-0.2, -0.15) is 5.26 Å². The molecule has 0 amide bonds. The predicted octanol–water partition coefficient (Wildman–Crippen LogP) is 14.0. The zero-order valence-corrected chi connectivity index (χ0v) is 33.8. The average molecular weight is 843 g/mol. The number of aromatic nitrogens is 6. The Morgan fingerprint density at radius 2 is 0.754 bits per heavy atom. The molecule has 0 fully saturated rings. The van der Waals surface area contributed by atoms with Crippen LogP contribution in [-0.4, -0.2) is 28.7 Å². The van der Waals surface area contributed by atoms with Gasteiger partial charge in [0.05, 0.1) is 73.5 Å². The molecule has 0 saturated heterocycles. The van der Waals surface area contributed by atoms with Crippen LogP contribution in [0, 0.1) is 11.3 Å². The summed E-state index contributed by atoms with van der Waals surface area (Å²) in [5.74, 6) is -1.36. The maximum atomic E-state index is 12.2. The molecule has 302 valence electrons. The molecule has 0 atom stereocenters. The molecule has 4 heterocycles. The highest BCUT2D eigenvalue weighted by molar-refractivity contribution is 6.13. The normalized spacial score (nSPS) is 14.5. The maximum absolute atomic E-state index is 12.2. The molecule has 65 heavy (non-hydrogen) atoms. The Kier molecular flexibility index (Phi) is 5.73. The zero-order chi connectivity index (χ0) is 54.3. The molecule has 13 rings (SSSR count). The third-order valence-corrected chi connectivity index (χ3v) is 11.9. The van der Waals surface area contributed by atoms with Crippen molar-refractivity contribution in [3.63, 3.8) is 0 Å². The molecule has 0 aliphatic rings. The molecule has 0 aliphatic carbocycles. The van der Waals surface area contributed by atoms with Crippen molar-refractivity contribution in [3.05, 3.63) is 218 Å². The van der Waals surface area contributed by atoms with Crippen LogP contribution in [0.5, 0.6) is 0 Å². The molecule has 0 spiro atoms. The van der Waals surface area contributed by atoms with E-state index in [1.165, 1.54) is 0 Å². The molecule has 9 aromatic carbocycles. The monoisotopic (exact) mass is 842 g/mol. The lowest BCUT2D eigenvalue weighted by molar-refractivity contribution is 1.04. The van der Waals surface area contributed by atoms with Crippen LogP contribution in [0.2, 0.25) is 0 Å². The lowest BCUT2D eigenvalue weighted by Gasteiger charge is -2.24. The van der Waals surface area contributed by atoms with Gasteiger partial charge in [-0.1, -0.05) is 170 Å². The third-order valence-electron chi connectivity index (χ3n) is 11.9. The van der Waals surface area contributed by atoms with Gasteiger partial charge in [-0.3, -0.25) is 0 Å². The fraction of sp³-hybridized carbons (Fsp3) is 0. The predicted molar refractivity (Wildman–Crippen MR) is 264 cm³/mol. The first-order chi connectivity index (χ1) is 37.6. The summed E-state index contributed by atoms with van der Waals surface area (Å²) in [4.78, 5) is 14.7. The van der Waals surface area contributed by atoms with Crippen LogP contribution in [0.25, 0.3) is 117 Å². The number of benzene rings is 9. The summed E-state index contributed by atoms with van der Waals surface area (Å²) < 4.78 is 122. The molecule has 0 radical (unpaired) electrons. The van der Waals surface area contributed by atoms with E-state index in [1.54, 1.807) is 42.5 Å². The van der Waals surface area contributed by atoms with Crippen molar-refractivity contribution >= 4 is 65.4 Å². The van der Waals surface area contributed by atoms with E-state index in [4.69, 9.17) is 18.2 Å². The quantitative estimate of drug-likeness (QED) is 0.167.